The second kappa shape index (κ2) is 8.35. The lowest BCUT2D eigenvalue weighted by molar-refractivity contribution is 0.109. The van der Waals surface area contributed by atoms with Gasteiger partial charge in [0.2, 0.25) is 0 Å². The van der Waals surface area contributed by atoms with Gasteiger partial charge >= 0.3 is 6.03 Å². The van der Waals surface area contributed by atoms with Crippen LogP contribution in [0, 0.1) is 0 Å². The lowest BCUT2D eigenvalue weighted by Gasteiger charge is -2.34. The van der Waals surface area contributed by atoms with Crippen molar-refractivity contribution in [2.75, 3.05) is 69.7 Å². The lowest BCUT2D eigenvalue weighted by atomic mass is 10.2. The molecule has 2 saturated heterocycles. The van der Waals surface area contributed by atoms with E-state index < -0.39 is 0 Å². The minimum Gasteiger partial charge on any atom is -0.383 e. The first kappa shape index (κ1) is 17.0. The van der Waals surface area contributed by atoms with Crippen molar-refractivity contribution in [2.45, 2.75) is 12.8 Å². The maximum absolute atomic E-state index is 12.4. The summed E-state index contributed by atoms with van der Waals surface area (Å²) in [4.78, 5) is 19.0. The van der Waals surface area contributed by atoms with E-state index in [-0.39, 0.29) is 6.03 Å². The van der Waals surface area contributed by atoms with Crippen LogP contribution in [-0.2, 0) is 4.74 Å². The summed E-state index contributed by atoms with van der Waals surface area (Å²) in [6, 6.07) is 8.20. The van der Waals surface area contributed by atoms with Crippen LogP contribution in [0.4, 0.5) is 16.2 Å². The van der Waals surface area contributed by atoms with Gasteiger partial charge in [0.15, 0.2) is 0 Å². The number of methoxy groups -OCH3 is 1. The van der Waals surface area contributed by atoms with Crippen molar-refractivity contribution in [2.24, 2.45) is 0 Å². The van der Waals surface area contributed by atoms with E-state index in [1.807, 2.05) is 17.0 Å². The van der Waals surface area contributed by atoms with E-state index in [2.05, 4.69) is 27.2 Å². The predicted molar refractivity (Wildman–Crippen MR) is 96.8 cm³/mol. The maximum Gasteiger partial charge on any atom is 0.321 e. The van der Waals surface area contributed by atoms with E-state index in [1.165, 1.54) is 18.5 Å². The Hall–Kier alpha value is -1.79. The van der Waals surface area contributed by atoms with Crippen LogP contribution in [0.3, 0.4) is 0 Å². The molecule has 6 nitrogen and oxygen atoms in total. The fraction of sp³-hybridized carbons (Fsp3) is 0.611. The van der Waals surface area contributed by atoms with Gasteiger partial charge in [-0.2, -0.15) is 0 Å². The Morgan fingerprint density at radius 3 is 2.33 bits per heavy atom. The van der Waals surface area contributed by atoms with Gasteiger partial charge < -0.3 is 19.9 Å². The van der Waals surface area contributed by atoms with Gasteiger partial charge in [-0.3, -0.25) is 4.90 Å². The van der Waals surface area contributed by atoms with Gasteiger partial charge in [-0.25, -0.2) is 4.79 Å². The Bertz CT molecular complexity index is 520. The quantitative estimate of drug-likeness (QED) is 0.897. The normalized spacial score (nSPS) is 18.9. The third kappa shape index (κ3) is 4.39. The Morgan fingerprint density at radius 2 is 1.71 bits per heavy atom. The van der Waals surface area contributed by atoms with E-state index in [0.717, 1.165) is 58.1 Å². The van der Waals surface area contributed by atoms with Gasteiger partial charge in [0.1, 0.15) is 0 Å². The van der Waals surface area contributed by atoms with Gasteiger partial charge in [0.25, 0.3) is 0 Å². The van der Waals surface area contributed by atoms with E-state index in [1.54, 1.807) is 7.11 Å². The molecule has 1 N–H and O–H groups in total. The minimum absolute atomic E-state index is 0.00434. The van der Waals surface area contributed by atoms with Crippen molar-refractivity contribution >= 4 is 17.4 Å². The maximum atomic E-state index is 12.4. The fourth-order valence-electron chi connectivity index (χ4n) is 3.33. The molecule has 0 radical (unpaired) electrons. The van der Waals surface area contributed by atoms with Gasteiger partial charge in [-0.05, 0) is 37.1 Å². The fourth-order valence-corrected chi connectivity index (χ4v) is 3.33. The molecule has 2 aliphatic heterocycles. The topological polar surface area (TPSA) is 48.1 Å². The molecule has 0 bridgehead atoms. The van der Waals surface area contributed by atoms with Crippen molar-refractivity contribution in [3.8, 4) is 0 Å². The number of urea groups is 1. The molecule has 0 unspecified atom stereocenters. The number of rotatable bonds is 5. The molecular weight excluding hydrogens is 304 g/mol. The van der Waals surface area contributed by atoms with E-state index in [9.17, 15) is 4.79 Å². The summed E-state index contributed by atoms with van der Waals surface area (Å²) in [5.74, 6) is 0. The van der Waals surface area contributed by atoms with Gasteiger partial charge in [0, 0.05) is 64.3 Å². The van der Waals surface area contributed by atoms with Crippen LogP contribution in [0.15, 0.2) is 24.3 Å². The van der Waals surface area contributed by atoms with E-state index in [0.29, 0.717) is 0 Å². The van der Waals surface area contributed by atoms with Crippen LogP contribution >= 0.6 is 0 Å². The molecule has 132 valence electrons. The van der Waals surface area contributed by atoms with E-state index in [4.69, 9.17) is 4.74 Å². The van der Waals surface area contributed by atoms with Crippen LogP contribution in [0.1, 0.15) is 12.8 Å². The van der Waals surface area contributed by atoms with Crippen LogP contribution in [0.5, 0.6) is 0 Å². The Kier molecular flexibility index (Phi) is 5.93. The average molecular weight is 332 g/mol. The van der Waals surface area contributed by atoms with Crippen LogP contribution in [-0.4, -0.2) is 75.4 Å². The molecule has 3 rings (SSSR count). The minimum atomic E-state index is -0.00434. The Balaban J connectivity index is 1.46. The van der Waals surface area contributed by atoms with Crippen molar-refractivity contribution in [3.63, 3.8) is 0 Å². The van der Waals surface area contributed by atoms with Gasteiger partial charge in [-0.15, -0.1) is 0 Å². The van der Waals surface area contributed by atoms with Crippen LogP contribution < -0.4 is 10.2 Å². The Morgan fingerprint density at radius 1 is 1.04 bits per heavy atom. The highest BCUT2D eigenvalue weighted by Crippen LogP contribution is 2.22. The number of carbonyl (C=O) groups excluding carboxylic acids is 1. The zero-order valence-corrected chi connectivity index (χ0v) is 14.5. The zero-order valence-electron chi connectivity index (χ0n) is 14.5. The second-order valence-corrected chi connectivity index (χ2v) is 6.49. The summed E-state index contributed by atoms with van der Waals surface area (Å²) < 4.78 is 5.11. The molecule has 0 atom stereocenters. The van der Waals surface area contributed by atoms with Gasteiger partial charge in [-0.1, -0.05) is 0 Å². The largest absolute Gasteiger partial charge is 0.383 e. The molecule has 0 aliphatic carbocycles. The molecular formula is C18H28N4O2. The summed E-state index contributed by atoms with van der Waals surface area (Å²) in [7, 11) is 1.72. The first-order valence-corrected chi connectivity index (χ1v) is 8.88. The summed E-state index contributed by atoms with van der Waals surface area (Å²) in [6.07, 6.45) is 2.55. The number of carbonyl (C=O) groups is 1. The molecule has 6 heteroatoms. The second-order valence-electron chi connectivity index (χ2n) is 6.49. The van der Waals surface area contributed by atoms with E-state index >= 15 is 0 Å². The lowest BCUT2D eigenvalue weighted by Crippen LogP contribution is -2.50. The molecule has 2 fully saturated rings. The zero-order chi connectivity index (χ0) is 16.8. The highest BCUT2D eigenvalue weighted by molar-refractivity contribution is 5.89. The first-order chi connectivity index (χ1) is 11.8. The first-order valence-electron chi connectivity index (χ1n) is 8.88. The third-order valence-electron chi connectivity index (χ3n) is 4.86. The molecule has 0 spiro atoms. The number of hydrogen-bond acceptors (Lipinski definition) is 4. The standard InChI is InChI=1S/C18H28N4O2/c1-24-15-14-20-10-12-22(13-11-20)18(23)19-16-4-6-17(7-5-16)21-8-2-3-9-21/h4-7H,2-3,8-15H2,1H3,(H,19,23). The molecule has 2 aliphatic rings. The molecule has 0 saturated carbocycles. The summed E-state index contributed by atoms with van der Waals surface area (Å²) in [5.41, 5.74) is 2.11. The number of ether oxygens (including phenoxy) is 1. The number of nitrogens with zero attached hydrogens (tertiary/aromatic N) is 3. The number of hydrogen-bond donors (Lipinski definition) is 1. The number of benzene rings is 1. The van der Waals surface area contributed by atoms with Gasteiger partial charge in [0.05, 0.1) is 6.61 Å². The number of nitrogens with one attached hydrogen (secondary N) is 1. The molecule has 1 aromatic carbocycles. The van der Waals surface area contributed by atoms with Crippen molar-refractivity contribution in [1.29, 1.82) is 0 Å². The number of anilines is 2. The summed E-state index contributed by atoms with van der Waals surface area (Å²) in [5, 5.41) is 3.01. The molecule has 2 heterocycles. The highest BCUT2D eigenvalue weighted by atomic mass is 16.5. The summed E-state index contributed by atoms with van der Waals surface area (Å²) in [6.45, 7) is 7.30. The highest BCUT2D eigenvalue weighted by Gasteiger charge is 2.21. The summed E-state index contributed by atoms with van der Waals surface area (Å²) >= 11 is 0. The predicted octanol–water partition coefficient (Wildman–Crippen LogP) is 2.08. The SMILES string of the molecule is COCCN1CCN(C(=O)Nc2ccc(N3CCCC3)cc2)CC1. The monoisotopic (exact) mass is 332 g/mol. The van der Waals surface area contributed by atoms with Crippen molar-refractivity contribution in [3.05, 3.63) is 24.3 Å². The molecule has 1 aromatic rings. The average Bonchev–Trinajstić information content (AvgIpc) is 3.15. The smallest absolute Gasteiger partial charge is 0.321 e. The van der Waals surface area contributed by atoms with Crippen LogP contribution in [0.25, 0.3) is 0 Å². The molecule has 2 amide bonds. The van der Waals surface area contributed by atoms with Crippen molar-refractivity contribution in [1.82, 2.24) is 9.80 Å². The molecule has 24 heavy (non-hydrogen) atoms. The van der Waals surface area contributed by atoms with Crippen molar-refractivity contribution < 1.29 is 9.53 Å². The number of piperazine rings is 1. The molecule has 0 aromatic heterocycles. The third-order valence-corrected chi connectivity index (χ3v) is 4.86. The number of amides is 2. The Labute approximate surface area is 144 Å². The van der Waals surface area contributed by atoms with Crippen LogP contribution in [0.2, 0.25) is 0 Å².